The van der Waals surface area contributed by atoms with Gasteiger partial charge in [-0.3, -0.25) is 4.79 Å². The second-order valence-electron chi connectivity index (χ2n) is 4.45. The standard InChI is InChI=1S/C16H16BrNO2/c17-14-6-7-15(13(10-14)11-19)16(20)18-9-8-12-4-2-1-3-5-12/h1-7,10,19H,8-9,11H2,(H,18,20). The van der Waals surface area contributed by atoms with Crippen LogP contribution in [-0.4, -0.2) is 17.6 Å². The van der Waals surface area contributed by atoms with Crippen LogP contribution < -0.4 is 5.32 Å². The molecular weight excluding hydrogens is 318 g/mol. The van der Waals surface area contributed by atoms with Gasteiger partial charge in [0.2, 0.25) is 0 Å². The topological polar surface area (TPSA) is 49.3 Å². The lowest BCUT2D eigenvalue weighted by Gasteiger charge is -2.09. The van der Waals surface area contributed by atoms with Crippen LogP contribution in [-0.2, 0) is 13.0 Å². The summed E-state index contributed by atoms with van der Waals surface area (Å²) >= 11 is 3.33. The molecule has 0 unspecified atom stereocenters. The van der Waals surface area contributed by atoms with Crippen LogP contribution in [0.2, 0.25) is 0 Å². The molecule has 0 bridgehead atoms. The molecule has 3 nitrogen and oxygen atoms in total. The summed E-state index contributed by atoms with van der Waals surface area (Å²) in [5, 5.41) is 12.2. The molecule has 20 heavy (non-hydrogen) atoms. The number of rotatable bonds is 5. The molecule has 0 atom stereocenters. The molecule has 0 aromatic heterocycles. The largest absolute Gasteiger partial charge is 0.392 e. The maximum atomic E-state index is 12.1. The SMILES string of the molecule is O=C(NCCc1ccccc1)c1ccc(Br)cc1CO. The predicted octanol–water partition coefficient (Wildman–Crippen LogP) is 2.91. The quantitative estimate of drug-likeness (QED) is 0.883. The highest BCUT2D eigenvalue weighted by Crippen LogP contribution is 2.16. The molecule has 0 radical (unpaired) electrons. The number of carbonyl (C=O) groups excluding carboxylic acids is 1. The highest BCUT2D eigenvalue weighted by molar-refractivity contribution is 9.10. The Morgan fingerprint density at radius 2 is 1.90 bits per heavy atom. The van der Waals surface area contributed by atoms with Crippen molar-refractivity contribution in [2.75, 3.05) is 6.54 Å². The van der Waals surface area contributed by atoms with E-state index in [0.717, 1.165) is 10.9 Å². The van der Waals surface area contributed by atoms with Crippen LogP contribution in [0.15, 0.2) is 53.0 Å². The van der Waals surface area contributed by atoms with Gasteiger partial charge >= 0.3 is 0 Å². The first kappa shape index (κ1) is 14.8. The Hall–Kier alpha value is -1.65. The first-order valence-electron chi connectivity index (χ1n) is 6.42. The van der Waals surface area contributed by atoms with E-state index < -0.39 is 0 Å². The van der Waals surface area contributed by atoms with Crippen LogP contribution >= 0.6 is 15.9 Å². The van der Waals surface area contributed by atoms with E-state index in [4.69, 9.17) is 0 Å². The Labute approximate surface area is 126 Å². The van der Waals surface area contributed by atoms with E-state index in [9.17, 15) is 9.90 Å². The zero-order chi connectivity index (χ0) is 14.4. The number of aliphatic hydroxyl groups is 1. The molecule has 0 fully saturated rings. The first-order valence-corrected chi connectivity index (χ1v) is 7.21. The minimum Gasteiger partial charge on any atom is -0.392 e. The Morgan fingerprint density at radius 3 is 2.60 bits per heavy atom. The van der Waals surface area contributed by atoms with Crippen LogP contribution in [0.1, 0.15) is 21.5 Å². The number of amides is 1. The summed E-state index contributed by atoms with van der Waals surface area (Å²) in [7, 11) is 0. The van der Waals surface area contributed by atoms with Gasteiger partial charge in [0.1, 0.15) is 0 Å². The minimum atomic E-state index is -0.155. The third-order valence-electron chi connectivity index (χ3n) is 3.02. The van der Waals surface area contributed by atoms with Crippen LogP contribution in [0, 0.1) is 0 Å². The molecule has 0 heterocycles. The summed E-state index contributed by atoms with van der Waals surface area (Å²) in [5.41, 5.74) is 2.33. The van der Waals surface area contributed by atoms with Gasteiger partial charge < -0.3 is 10.4 Å². The molecule has 4 heteroatoms. The van der Waals surface area contributed by atoms with E-state index >= 15 is 0 Å². The van der Waals surface area contributed by atoms with Crippen molar-refractivity contribution in [2.45, 2.75) is 13.0 Å². The van der Waals surface area contributed by atoms with Gasteiger partial charge in [-0.25, -0.2) is 0 Å². The third kappa shape index (κ3) is 3.92. The predicted molar refractivity (Wildman–Crippen MR) is 82.5 cm³/mol. The summed E-state index contributed by atoms with van der Waals surface area (Å²) in [6.45, 7) is 0.421. The van der Waals surface area contributed by atoms with Gasteiger partial charge in [-0.1, -0.05) is 46.3 Å². The monoisotopic (exact) mass is 333 g/mol. The van der Waals surface area contributed by atoms with Gasteiger partial charge in [-0.2, -0.15) is 0 Å². The number of carbonyl (C=O) groups is 1. The molecule has 2 aromatic carbocycles. The molecule has 0 saturated heterocycles. The van der Waals surface area contributed by atoms with Crippen molar-refractivity contribution in [1.29, 1.82) is 0 Å². The highest BCUT2D eigenvalue weighted by Gasteiger charge is 2.10. The molecule has 0 aliphatic rings. The normalized spacial score (nSPS) is 10.3. The van der Waals surface area contributed by atoms with Crippen molar-refractivity contribution in [3.05, 3.63) is 69.7 Å². The molecule has 0 saturated carbocycles. The fourth-order valence-electron chi connectivity index (χ4n) is 1.97. The Balaban J connectivity index is 1.95. The molecule has 2 rings (SSSR count). The maximum Gasteiger partial charge on any atom is 0.251 e. The van der Waals surface area contributed by atoms with Gasteiger partial charge in [-0.05, 0) is 35.7 Å². The molecule has 2 aromatic rings. The van der Waals surface area contributed by atoms with Crippen molar-refractivity contribution < 1.29 is 9.90 Å². The lowest BCUT2D eigenvalue weighted by molar-refractivity contribution is 0.0951. The van der Waals surface area contributed by atoms with E-state index in [1.807, 2.05) is 30.3 Å². The fourth-order valence-corrected chi connectivity index (χ4v) is 2.38. The van der Waals surface area contributed by atoms with Crippen molar-refractivity contribution in [3.8, 4) is 0 Å². The van der Waals surface area contributed by atoms with E-state index in [1.54, 1.807) is 18.2 Å². The zero-order valence-corrected chi connectivity index (χ0v) is 12.6. The van der Waals surface area contributed by atoms with Gasteiger partial charge in [0.25, 0.3) is 5.91 Å². The number of nitrogens with one attached hydrogen (secondary N) is 1. The van der Waals surface area contributed by atoms with Crippen LogP contribution in [0.5, 0.6) is 0 Å². The van der Waals surface area contributed by atoms with E-state index in [0.29, 0.717) is 17.7 Å². The zero-order valence-electron chi connectivity index (χ0n) is 11.0. The van der Waals surface area contributed by atoms with Crippen molar-refractivity contribution in [1.82, 2.24) is 5.32 Å². The lowest BCUT2D eigenvalue weighted by Crippen LogP contribution is -2.26. The summed E-state index contributed by atoms with van der Waals surface area (Å²) in [5.74, 6) is -0.155. The smallest absolute Gasteiger partial charge is 0.251 e. The Kier molecular flexibility index (Phi) is 5.32. The average molecular weight is 334 g/mol. The highest BCUT2D eigenvalue weighted by atomic mass is 79.9. The van der Waals surface area contributed by atoms with Crippen molar-refractivity contribution in [2.24, 2.45) is 0 Å². The van der Waals surface area contributed by atoms with Crippen molar-refractivity contribution in [3.63, 3.8) is 0 Å². The minimum absolute atomic E-state index is 0.152. The molecule has 0 aliphatic carbocycles. The molecule has 0 spiro atoms. The lowest BCUT2D eigenvalue weighted by atomic mass is 10.1. The number of hydrogen-bond donors (Lipinski definition) is 2. The van der Waals surface area contributed by atoms with Crippen molar-refractivity contribution >= 4 is 21.8 Å². The average Bonchev–Trinajstić information content (AvgIpc) is 2.48. The summed E-state index contributed by atoms with van der Waals surface area (Å²) in [4.78, 5) is 12.1. The third-order valence-corrected chi connectivity index (χ3v) is 3.52. The first-order chi connectivity index (χ1) is 9.70. The number of aliphatic hydroxyl groups excluding tert-OH is 1. The second-order valence-corrected chi connectivity index (χ2v) is 5.37. The second kappa shape index (κ2) is 7.22. The van der Waals surface area contributed by atoms with E-state index in [1.165, 1.54) is 5.56 Å². The van der Waals surface area contributed by atoms with Gasteiger partial charge in [0.05, 0.1) is 6.61 Å². The number of halogens is 1. The fraction of sp³-hybridized carbons (Fsp3) is 0.188. The van der Waals surface area contributed by atoms with Gasteiger partial charge in [-0.15, -0.1) is 0 Å². The molecule has 0 aliphatic heterocycles. The molecule has 104 valence electrons. The maximum absolute atomic E-state index is 12.1. The summed E-state index contributed by atoms with van der Waals surface area (Å²) in [6, 6.07) is 15.3. The Morgan fingerprint density at radius 1 is 1.15 bits per heavy atom. The number of benzene rings is 2. The van der Waals surface area contributed by atoms with Gasteiger partial charge in [0.15, 0.2) is 0 Å². The summed E-state index contributed by atoms with van der Waals surface area (Å²) < 4.78 is 0.849. The molecule has 1 amide bonds. The van der Waals surface area contributed by atoms with Crippen LogP contribution in [0.3, 0.4) is 0 Å². The van der Waals surface area contributed by atoms with E-state index in [2.05, 4.69) is 21.2 Å². The van der Waals surface area contributed by atoms with Crippen LogP contribution in [0.25, 0.3) is 0 Å². The van der Waals surface area contributed by atoms with Gasteiger partial charge in [0, 0.05) is 16.6 Å². The molecular formula is C16H16BrNO2. The number of hydrogen-bond acceptors (Lipinski definition) is 2. The summed E-state index contributed by atoms with van der Waals surface area (Å²) in [6.07, 6.45) is 0.789. The van der Waals surface area contributed by atoms with Crippen LogP contribution in [0.4, 0.5) is 0 Å². The Bertz CT molecular complexity index is 584. The van der Waals surface area contributed by atoms with E-state index in [-0.39, 0.29) is 12.5 Å². The molecule has 2 N–H and O–H groups in total.